The molecule has 0 amide bonds. The summed E-state index contributed by atoms with van der Waals surface area (Å²) in [7, 11) is 0. The van der Waals surface area contributed by atoms with E-state index >= 15 is 0 Å². The Morgan fingerprint density at radius 2 is 1.70 bits per heavy atom. The first-order valence-corrected chi connectivity index (χ1v) is 8.56. The highest BCUT2D eigenvalue weighted by molar-refractivity contribution is 9.10. The third-order valence-corrected chi connectivity index (χ3v) is 5.95. The van der Waals surface area contributed by atoms with Gasteiger partial charge in [-0.25, -0.2) is 0 Å². The number of hydrogen-bond acceptors (Lipinski definition) is 2. The molecule has 0 spiro atoms. The second kappa shape index (κ2) is 5.76. The maximum Gasteiger partial charge on any atom is 0.162 e. The summed E-state index contributed by atoms with van der Waals surface area (Å²) < 4.78 is 12.5. The zero-order valence-electron chi connectivity index (χ0n) is 11.8. The van der Waals surface area contributed by atoms with Crippen molar-refractivity contribution in [2.45, 2.75) is 44.4 Å². The van der Waals surface area contributed by atoms with Crippen molar-refractivity contribution in [1.82, 2.24) is 0 Å². The first-order chi connectivity index (χ1) is 9.60. The molecule has 1 aliphatic heterocycles. The van der Waals surface area contributed by atoms with Crippen LogP contribution in [0, 0.1) is 5.41 Å². The van der Waals surface area contributed by atoms with Gasteiger partial charge in [0, 0.05) is 10.9 Å². The van der Waals surface area contributed by atoms with E-state index in [1.54, 1.807) is 0 Å². The minimum atomic E-state index is 0.0107. The monoisotopic (exact) mass is 358 g/mol. The van der Waals surface area contributed by atoms with Crippen molar-refractivity contribution in [3.63, 3.8) is 0 Å². The highest BCUT2D eigenvalue weighted by Gasteiger charge is 2.38. The quantitative estimate of drug-likeness (QED) is 0.652. The Balaban J connectivity index is 1.95. The minimum Gasteiger partial charge on any atom is -0.490 e. The van der Waals surface area contributed by atoms with Crippen LogP contribution < -0.4 is 9.47 Å². The maximum absolute atomic E-state index is 6.82. The zero-order chi connectivity index (χ0) is 14.2. The lowest BCUT2D eigenvalue weighted by Gasteiger charge is -2.30. The molecule has 110 valence electrons. The summed E-state index contributed by atoms with van der Waals surface area (Å²) >= 11 is 10.5. The fourth-order valence-corrected chi connectivity index (χ4v) is 4.29. The number of halogens is 2. The minimum absolute atomic E-state index is 0.0107. The lowest BCUT2D eigenvalue weighted by Crippen LogP contribution is -2.18. The van der Waals surface area contributed by atoms with Gasteiger partial charge in [-0.3, -0.25) is 0 Å². The summed E-state index contributed by atoms with van der Waals surface area (Å²) in [5, 5.41) is 0.0107. The molecule has 20 heavy (non-hydrogen) atoms. The van der Waals surface area contributed by atoms with E-state index in [1.807, 2.05) is 6.07 Å². The van der Waals surface area contributed by atoms with E-state index in [0.717, 1.165) is 28.0 Å². The third-order valence-electron chi connectivity index (χ3n) is 4.50. The summed E-state index contributed by atoms with van der Waals surface area (Å²) in [5.74, 6) is 1.64. The van der Waals surface area contributed by atoms with E-state index in [4.69, 9.17) is 21.1 Å². The molecular weight excluding hydrogens is 340 g/mol. The lowest BCUT2D eigenvalue weighted by molar-refractivity contribution is 0.296. The lowest BCUT2D eigenvalue weighted by atomic mass is 9.81. The van der Waals surface area contributed by atoms with E-state index in [0.29, 0.717) is 13.2 Å². The Labute approximate surface area is 133 Å². The van der Waals surface area contributed by atoms with Crippen LogP contribution in [0.15, 0.2) is 16.6 Å². The van der Waals surface area contributed by atoms with Gasteiger partial charge in [0.1, 0.15) is 0 Å². The number of fused-ring (bicyclic) bond motifs is 1. The molecule has 1 heterocycles. The van der Waals surface area contributed by atoms with E-state index in [1.165, 1.54) is 25.7 Å². The molecule has 0 bridgehead atoms. The van der Waals surface area contributed by atoms with Crippen molar-refractivity contribution >= 4 is 27.5 Å². The van der Waals surface area contributed by atoms with Gasteiger partial charge >= 0.3 is 0 Å². The predicted molar refractivity (Wildman–Crippen MR) is 84.9 cm³/mol. The van der Waals surface area contributed by atoms with E-state index in [2.05, 4.69) is 28.9 Å². The predicted octanol–water partition coefficient (Wildman–Crippen LogP) is 5.47. The van der Waals surface area contributed by atoms with Gasteiger partial charge in [-0.05, 0) is 36.0 Å². The SMILES string of the molecule is CC1(C(Cl)c2cc3c(cc2Br)OCCCO3)CCCC1. The van der Waals surface area contributed by atoms with Gasteiger partial charge in [0.2, 0.25) is 0 Å². The second-order valence-electron chi connectivity index (χ2n) is 6.09. The van der Waals surface area contributed by atoms with Crippen molar-refractivity contribution in [2.75, 3.05) is 13.2 Å². The van der Waals surface area contributed by atoms with Gasteiger partial charge in [0.05, 0.1) is 18.6 Å². The van der Waals surface area contributed by atoms with Crippen LogP contribution in [0.4, 0.5) is 0 Å². The average Bonchev–Trinajstić information content (AvgIpc) is 2.75. The van der Waals surface area contributed by atoms with Gasteiger partial charge in [0.15, 0.2) is 11.5 Å². The Kier molecular flexibility index (Phi) is 4.19. The molecule has 1 fully saturated rings. The van der Waals surface area contributed by atoms with E-state index < -0.39 is 0 Å². The maximum atomic E-state index is 6.82. The molecule has 1 aromatic rings. The molecule has 2 nitrogen and oxygen atoms in total. The van der Waals surface area contributed by atoms with Crippen LogP contribution in [0.25, 0.3) is 0 Å². The topological polar surface area (TPSA) is 18.5 Å². The fraction of sp³-hybridized carbons (Fsp3) is 0.625. The second-order valence-corrected chi connectivity index (χ2v) is 7.39. The highest BCUT2D eigenvalue weighted by Crippen LogP contribution is 2.53. The molecule has 1 aromatic carbocycles. The van der Waals surface area contributed by atoms with Crippen molar-refractivity contribution in [2.24, 2.45) is 5.41 Å². The summed E-state index contributed by atoms with van der Waals surface area (Å²) in [5.41, 5.74) is 1.31. The molecule has 2 aliphatic rings. The van der Waals surface area contributed by atoms with Crippen molar-refractivity contribution in [3.05, 3.63) is 22.2 Å². The molecule has 1 unspecified atom stereocenters. The van der Waals surface area contributed by atoms with Crippen LogP contribution in [0.1, 0.15) is 50.0 Å². The molecule has 1 atom stereocenters. The zero-order valence-corrected chi connectivity index (χ0v) is 14.1. The Morgan fingerprint density at radius 3 is 2.35 bits per heavy atom. The summed E-state index contributed by atoms with van der Waals surface area (Å²) in [4.78, 5) is 0. The molecule has 0 radical (unpaired) electrons. The van der Waals surface area contributed by atoms with Crippen LogP contribution in [0.5, 0.6) is 11.5 Å². The van der Waals surface area contributed by atoms with Gasteiger partial charge in [0.25, 0.3) is 0 Å². The smallest absolute Gasteiger partial charge is 0.162 e. The van der Waals surface area contributed by atoms with Crippen LogP contribution in [-0.2, 0) is 0 Å². The van der Waals surface area contributed by atoms with Crippen molar-refractivity contribution in [3.8, 4) is 11.5 Å². The van der Waals surface area contributed by atoms with Crippen molar-refractivity contribution in [1.29, 1.82) is 0 Å². The van der Waals surface area contributed by atoms with Gasteiger partial charge in [-0.2, -0.15) is 0 Å². The van der Waals surface area contributed by atoms with Crippen LogP contribution in [0.3, 0.4) is 0 Å². The molecule has 0 aromatic heterocycles. The summed E-state index contributed by atoms with van der Waals surface area (Å²) in [6, 6.07) is 4.07. The number of rotatable bonds is 2. The number of alkyl halides is 1. The van der Waals surface area contributed by atoms with Gasteiger partial charge < -0.3 is 9.47 Å². The van der Waals surface area contributed by atoms with Crippen LogP contribution in [-0.4, -0.2) is 13.2 Å². The summed E-state index contributed by atoms with van der Waals surface area (Å²) in [6.45, 7) is 3.71. The first kappa shape index (κ1) is 14.5. The largest absolute Gasteiger partial charge is 0.490 e. The molecule has 4 heteroatoms. The van der Waals surface area contributed by atoms with Crippen LogP contribution >= 0.6 is 27.5 Å². The Bertz CT molecular complexity index is 497. The normalized spacial score (nSPS) is 22.4. The molecule has 3 rings (SSSR count). The Hall–Kier alpha value is -0.410. The first-order valence-electron chi connectivity index (χ1n) is 7.33. The average molecular weight is 360 g/mol. The summed E-state index contributed by atoms with van der Waals surface area (Å²) in [6.07, 6.45) is 5.87. The van der Waals surface area contributed by atoms with Crippen molar-refractivity contribution < 1.29 is 9.47 Å². The Morgan fingerprint density at radius 1 is 1.10 bits per heavy atom. The number of hydrogen-bond donors (Lipinski definition) is 0. The van der Waals surface area contributed by atoms with Gasteiger partial charge in [-0.15, -0.1) is 11.6 Å². The van der Waals surface area contributed by atoms with Gasteiger partial charge in [-0.1, -0.05) is 35.7 Å². The highest BCUT2D eigenvalue weighted by atomic mass is 79.9. The molecule has 1 aliphatic carbocycles. The fourth-order valence-electron chi connectivity index (χ4n) is 3.21. The molecule has 0 N–H and O–H groups in total. The number of ether oxygens (including phenoxy) is 2. The number of benzene rings is 1. The van der Waals surface area contributed by atoms with E-state index in [-0.39, 0.29) is 10.8 Å². The molecule has 1 saturated carbocycles. The van der Waals surface area contributed by atoms with Crippen LogP contribution in [0.2, 0.25) is 0 Å². The third kappa shape index (κ3) is 2.67. The molecule has 0 saturated heterocycles. The van der Waals surface area contributed by atoms with E-state index in [9.17, 15) is 0 Å². The standard InChI is InChI=1S/C16H20BrClO2/c1-16(5-2-3-6-16)15(18)11-9-13-14(10-12(11)17)20-8-4-7-19-13/h9-10,15H,2-8H2,1H3. The molecular formula is C16H20BrClO2.